The molecule has 0 saturated carbocycles. The fraction of sp³-hybridized carbons (Fsp3) is 0. The summed E-state index contributed by atoms with van der Waals surface area (Å²) in [6, 6.07) is 9.13. The van der Waals surface area contributed by atoms with E-state index in [1.54, 1.807) is 18.3 Å². The standard InChI is InChI=1S/C9H7NO.2Na.H2O4S/c11-8-5-1-3-7-4-2-6-10-9(7)8;;;1-5(2,3)4/h1-6,11H;;;(H2,1,2,3,4)/q;2*+1;/p-2. The summed E-state index contributed by atoms with van der Waals surface area (Å²) in [5, 5.41) is 10.3. The van der Waals surface area contributed by atoms with Crippen molar-refractivity contribution < 1.29 is 81.7 Å². The maximum Gasteiger partial charge on any atom is 1.00 e. The maximum absolute atomic E-state index is 9.31. The van der Waals surface area contributed by atoms with Gasteiger partial charge in [0.05, 0.1) is 0 Å². The zero-order valence-electron chi connectivity index (χ0n) is 9.90. The van der Waals surface area contributed by atoms with Gasteiger partial charge in [-0.3, -0.25) is 13.4 Å². The number of fused-ring (bicyclic) bond motifs is 1. The van der Waals surface area contributed by atoms with Crippen molar-refractivity contribution in [2.75, 3.05) is 0 Å². The van der Waals surface area contributed by atoms with Crippen LogP contribution in [0.1, 0.15) is 0 Å². The van der Waals surface area contributed by atoms with Crippen LogP contribution in [0.15, 0.2) is 36.5 Å². The summed E-state index contributed by atoms with van der Waals surface area (Å²) in [7, 11) is -5.17. The van der Waals surface area contributed by atoms with Crippen LogP contribution in [0, 0.1) is 0 Å². The molecule has 6 nitrogen and oxygen atoms in total. The molecule has 0 atom stereocenters. The van der Waals surface area contributed by atoms with Gasteiger partial charge < -0.3 is 14.2 Å². The van der Waals surface area contributed by atoms with E-state index in [1.165, 1.54) is 0 Å². The molecule has 0 saturated heterocycles. The number of benzene rings is 1. The van der Waals surface area contributed by atoms with Gasteiger partial charge in [-0.2, -0.15) is 0 Å². The second kappa shape index (κ2) is 9.24. The van der Waals surface area contributed by atoms with Crippen molar-refractivity contribution in [1.29, 1.82) is 0 Å². The van der Waals surface area contributed by atoms with Crippen molar-refractivity contribution in [3.63, 3.8) is 0 Å². The molecule has 2 rings (SSSR count). The zero-order valence-corrected chi connectivity index (χ0v) is 14.7. The van der Waals surface area contributed by atoms with Gasteiger partial charge in [-0.05, 0) is 12.1 Å². The monoisotopic (exact) mass is 287 g/mol. The van der Waals surface area contributed by atoms with Crippen LogP contribution in [-0.4, -0.2) is 27.6 Å². The number of aromatic nitrogens is 1. The third-order valence-corrected chi connectivity index (χ3v) is 1.61. The van der Waals surface area contributed by atoms with Crippen molar-refractivity contribution in [3.8, 4) is 5.75 Å². The molecule has 0 fully saturated rings. The first-order valence-electron chi connectivity index (χ1n) is 4.07. The summed E-state index contributed by atoms with van der Waals surface area (Å²) in [5.74, 6) is 0.239. The van der Waals surface area contributed by atoms with Gasteiger partial charge in [0.25, 0.3) is 0 Å². The largest absolute Gasteiger partial charge is 1.00 e. The summed E-state index contributed by atoms with van der Waals surface area (Å²) < 4.78 is 34.1. The molecule has 0 spiro atoms. The average molecular weight is 287 g/mol. The van der Waals surface area contributed by atoms with Crippen molar-refractivity contribution >= 4 is 21.3 Å². The van der Waals surface area contributed by atoms with Crippen LogP contribution in [0.25, 0.3) is 10.9 Å². The molecule has 0 unspecified atom stereocenters. The molecule has 0 radical (unpaired) electrons. The minimum atomic E-state index is -5.17. The molecule has 1 aromatic carbocycles. The summed E-state index contributed by atoms with van der Waals surface area (Å²) in [4.78, 5) is 4.03. The number of hydrogen-bond donors (Lipinski definition) is 1. The van der Waals surface area contributed by atoms with Gasteiger partial charge in [0.15, 0.2) is 0 Å². The number of phenols is 1. The van der Waals surface area contributed by atoms with Crippen LogP contribution in [0.2, 0.25) is 0 Å². The molecule has 86 valence electrons. The van der Waals surface area contributed by atoms with Gasteiger partial charge in [0.2, 0.25) is 0 Å². The Hall–Kier alpha value is 0.300. The Bertz CT molecular complexity index is 577. The van der Waals surface area contributed by atoms with Crippen LogP contribution in [0.4, 0.5) is 0 Å². The first kappa shape index (κ1) is 20.6. The van der Waals surface area contributed by atoms with Crippen LogP contribution in [0.5, 0.6) is 5.75 Å². The average Bonchev–Trinajstić information content (AvgIpc) is 2.16. The van der Waals surface area contributed by atoms with E-state index < -0.39 is 10.4 Å². The van der Waals surface area contributed by atoms with E-state index in [4.69, 9.17) is 17.5 Å². The Labute approximate surface area is 149 Å². The van der Waals surface area contributed by atoms with E-state index in [0.717, 1.165) is 5.39 Å². The second-order valence-corrected chi connectivity index (χ2v) is 3.58. The fourth-order valence-corrected chi connectivity index (χ4v) is 1.09. The molecule has 1 aromatic heterocycles. The summed E-state index contributed by atoms with van der Waals surface area (Å²) in [5.41, 5.74) is 0.662. The third-order valence-electron chi connectivity index (χ3n) is 1.61. The Morgan fingerprint density at radius 1 is 1.06 bits per heavy atom. The molecule has 0 aliphatic heterocycles. The van der Waals surface area contributed by atoms with E-state index in [0.29, 0.717) is 5.52 Å². The van der Waals surface area contributed by atoms with Crippen LogP contribution in [-0.2, 0) is 10.4 Å². The molecule has 1 N–H and O–H groups in total. The van der Waals surface area contributed by atoms with Crippen molar-refractivity contribution in [2.24, 2.45) is 0 Å². The van der Waals surface area contributed by atoms with Gasteiger partial charge in [0, 0.05) is 22.0 Å². The Balaban J connectivity index is 0. The second-order valence-electron chi connectivity index (χ2n) is 2.76. The number of nitrogens with zero attached hydrogens (tertiary/aromatic N) is 1. The molecule has 0 bridgehead atoms. The molecule has 1 heterocycles. The number of hydrogen-bond acceptors (Lipinski definition) is 6. The molecular weight excluding hydrogens is 280 g/mol. The number of pyridine rings is 1. The van der Waals surface area contributed by atoms with E-state index in [1.807, 2.05) is 18.2 Å². The normalized spacial score (nSPS) is 9.44. The molecule has 0 amide bonds. The van der Waals surface area contributed by atoms with Crippen LogP contribution < -0.4 is 59.1 Å². The van der Waals surface area contributed by atoms with Gasteiger partial charge in [-0.15, -0.1) is 0 Å². The van der Waals surface area contributed by atoms with E-state index >= 15 is 0 Å². The van der Waals surface area contributed by atoms with Crippen LogP contribution >= 0.6 is 0 Å². The smallest absolute Gasteiger partial charge is 0.759 e. The molecule has 0 aliphatic carbocycles. The van der Waals surface area contributed by atoms with Gasteiger partial charge in [-0.25, -0.2) is 0 Å². The molecular formula is C9H7NNa2O5S. The van der Waals surface area contributed by atoms with Gasteiger partial charge >= 0.3 is 59.1 Å². The van der Waals surface area contributed by atoms with E-state index in [-0.39, 0.29) is 64.9 Å². The van der Waals surface area contributed by atoms with Gasteiger partial charge in [0.1, 0.15) is 11.3 Å². The maximum atomic E-state index is 9.31. The molecule has 18 heavy (non-hydrogen) atoms. The minimum Gasteiger partial charge on any atom is -0.759 e. The number of aromatic hydroxyl groups is 1. The first-order chi connectivity index (χ1) is 7.38. The first-order valence-corrected chi connectivity index (χ1v) is 5.40. The topological polar surface area (TPSA) is 113 Å². The van der Waals surface area contributed by atoms with Crippen molar-refractivity contribution in [1.82, 2.24) is 4.98 Å². The quantitative estimate of drug-likeness (QED) is 0.294. The van der Waals surface area contributed by atoms with Crippen molar-refractivity contribution in [3.05, 3.63) is 36.5 Å². The summed E-state index contributed by atoms with van der Waals surface area (Å²) in [6.07, 6.45) is 1.67. The molecule has 0 aliphatic rings. The Kier molecular flexibility index (Phi) is 10.6. The van der Waals surface area contributed by atoms with Gasteiger partial charge in [-0.1, -0.05) is 18.2 Å². The Morgan fingerprint density at radius 3 is 2.06 bits per heavy atom. The number of rotatable bonds is 0. The zero-order chi connectivity index (χ0) is 12.2. The number of para-hydroxylation sites is 1. The number of phenolic OH excluding ortho intramolecular Hbond substituents is 1. The minimum absolute atomic E-state index is 0. The Morgan fingerprint density at radius 2 is 1.56 bits per heavy atom. The summed E-state index contributed by atoms with van der Waals surface area (Å²) in [6.45, 7) is 0. The predicted octanol–water partition coefficient (Wildman–Crippen LogP) is -5.39. The third kappa shape index (κ3) is 8.41. The fourth-order valence-electron chi connectivity index (χ4n) is 1.09. The molecule has 9 heteroatoms. The predicted molar refractivity (Wildman–Crippen MR) is 53.9 cm³/mol. The summed E-state index contributed by atoms with van der Waals surface area (Å²) >= 11 is 0. The molecule has 2 aromatic rings. The SMILES string of the molecule is O=S(=O)([O-])[O-].Oc1cccc2cccnc12.[Na+].[Na+]. The van der Waals surface area contributed by atoms with Crippen molar-refractivity contribution in [2.45, 2.75) is 0 Å². The van der Waals surface area contributed by atoms with E-state index in [9.17, 15) is 5.11 Å². The van der Waals surface area contributed by atoms with E-state index in [2.05, 4.69) is 4.98 Å². The van der Waals surface area contributed by atoms with Crippen LogP contribution in [0.3, 0.4) is 0 Å².